The second-order valence-electron chi connectivity index (χ2n) is 7.19. The molecule has 0 unspecified atom stereocenters. The first-order valence-corrected chi connectivity index (χ1v) is 10.5. The van der Waals surface area contributed by atoms with Gasteiger partial charge in [0.2, 0.25) is 5.78 Å². The number of ketones is 1. The highest BCUT2D eigenvalue weighted by molar-refractivity contribution is 7.12. The quantitative estimate of drug-likeness (QED) is 0.634. The Morgan fingerprint density at radius 3 is 2.55 bits per heavy atom. The number of nitrogens with zero attached hydrogens (tertiary/aromatic N) is 2. The summed E-state index contributed by atoms with van der Waals surface area (Å²) < 4.78 is 5.64. The smallest absolute Gasteiger partial charge is 0.290 e. The number of aliphatic hydroxyl groups excluding tert-OH is 1. The van der Waals surface area contributed by atoms with Gasteiger partial charge < -0.3 is 19.6 Å². The number of carbonyl (C=O) groups excluding carboxylic acids is 2. The van der Waals surface area contributed by atoms with E-state index in [1.165, 1.54) is 11.3 Å². The number of rotatable bonds is 9. The van der Waals surface area contributed by atoms with Crippen LogP contribution in [0.1, 0.15) is 34.6 Å². The molecule has 1 N–H and O–H groups in total. The Morgan fingerprint density at radius 1 is 1.24 bits per heavy atom. The predicted octanol–water partition coefficient (Wildman–Crippen LogP) is 3.68. The van der Waals surface area contributed by atoms with E-state index in [0.717, 1.165) is 17.7 Å². The summed E-state index contributed by atoms with van der Waals surface area (Å²) in [5.74, 6) is -0.546. The summed E-state index contributed by atoms with van der Waals surface area (Å²) in [6.45, 7) is 3.68. The van der Waals surface area contributed by atoms with Gasteiger partial charge in [-0.05, 0) is 49.7 Å². The van der Waals surface area contributed by atoms with E-state index in [-0.39, 0.29) is 11.4 Å². The number of aliphatic hydroxyl groups is 1. The molecule has 1 aromatic heterocycles. The molecule has 0 bridgehead atoms. The highest BCUT2D eigenvalue weighted by atomic mass is 32.1. The van der Waals surface area contributed by atoms with Crippen molar-refractivity contribution in [3.05, 3.63) is 63.6 Å². The highest BCUT2D eigenvalue weighted by Crippen LogP contribution is 2.39. The molecule has 1 aromatic carbocycles. The van der Waals surface area contributed by atoms with Gasteiger partial charge in [0.15, 0.2) is 5.76 Å². The number of thiophene rings is 1. The maximum Gasteiger partial charge on any atom is 0.290 e. The van der Waals surface area contributed by atoms with Crippen molar-refractivity contribution in [2.24, 2.45) is 0 Å². The summed E-state index contributed by atoms with van der Waals surface area (Å²) in [6.07, 6.45) is 0.910. The van der Waals surface area contributed by atoms with E-state index in [0.29, 0.717) is 24.6 Å². The molecule has 3 rings (SSSR count). The number of carbonyl (C=O) groups is 2. The molecule has 1 aliphatic rings. The van der Waals surface area contributed by atoms with Crippen LogP contribution >= 0.6 is 11.3 Å². The van der Waals surface area contributed by atoms with E-state index >= 15 is 0 Å². The third-order valence-electron chi connectivity index (χ3n) is 4.75. The van der Waals surface area contributed by atoms with Crippen LogP contribution in [0, 0.1) is 0 Å². The van der Waals surface area contributed by atoms with E-state index in [4.69, 9.17) is 4.74 Å². The summed E-state index contributed by atoms with van der Waals surface area (Å²) in [5, 5.41) is 12.4. The minimum Gasteiger partial charge on any atom is -0.503 e. The molecule has 1 amide bonds. The van der Waals surface area contributed by atoms with Crippen LogP contribution in [-0.2, 0) is 4.79 Å². The van der Waals surface area contributed by atoms with Gasteiger partial charge in [0.1, 0.15) is 5.75 Å². The summed E-state index contributed by atoms with van der Waals surface area (Å²) >= 11 is 1.30. The third kappa shape index (κ3) is 4.52. The topological polar surface area (TPSA) is 70.1 Å². The Labute approximate surface area is 175 Å². The van der Waals surface area contributed by atoms with Gasteiger partial charge >= 0.3 is 0 Å². The molecule has 7 heteroatoms. The maximum atomic E-state index is 13.1. The number of likely N-dealkylation sites (N-methyl/N-ethyl adjacent to an activating group) is 1. The van der Waals surface area contributed by atoms with Crippen LogP contribution in [0.2, 0.25) is 0 Å². The van der Waals surface area contributed by atoms with E-state index < -0.39 is 17.7 Å². The third-order valence-corrected chi connectivity index (χ3v) is 5.62. The minimum atomic E-state index is -0.628. The first kappa shape index (κ1) is 21.1. The minimum absolute atomic E-state index is 0.137. The predicted molar refractivity (Wildman–Crippen MR) is 114 cm³/mol. The van der Waals surface area contributed by atoms with Crippen molar-refractivity contribution in [2.75, 3.05) is 33.8 Å². The van der Waals surface area contributed by atoms with Gasteiger partial charge in [0, 0.05) is 13.1 Å². The molecule has 2 heterocycles. The van der Waals surface area contributed by atoms with Crippen molar-refractivity contribution in [2.45, 2.75) is 19.4 Å². The van der Waals surface area contributed by atoms with E-state index in [9.17, 15) is 14.7 Å². The molecule has 0 radical (unpaired) electrons. The highest BCUT2D eigenvalue weighted by Gasteiger charge is 2.43. The fourth-order valence-corrected chi connectivity index (χ4v) is 3.96. The molecule has 29 heavy (non-hydrogen) atoms. The van der Waals surface area contributed by atoms with Crippen LogP contribution < -0.4 is 4.74 Å². The van der Waals surface area contributed by atoms with Crippen LogP contribution in [0.5, 0.6) is 5.75 Å². The molecule has 0 spiro atoms. The largest absolute Gasteiger partial charge is 0.503 e. The normalized spacial score (nSPS) is 16.8. The molecule has 2 aromatic rings. The molecular weight excluding hydrogens is 388 g/mol. The number of amides is 1. The zero-order chi connectivity index (χ0) is 21.0. The monoisotopic (exact) mass is 414 g/mol. The number of benzene rings is 1. The Balaban J connectivity index is 1.98. The maximum absolute atomic E-state index is 13.1. The fourth-order valence-electron chi connectivity index (χ4n) is 3.28. The lowest BCUT2D eigenvalue weighted by Gasteiger charge is -2.28. The molecule has 0 saturated carbocycles. The zero-order valence-corrected chi connectivity index (χ0v) is 17.7. The summed E-state index contributed by atoms with van der Waals surface area (Å²) in [4.78, 5) is 30.0. The molecule has 1 atom stereocenters. The lowest BCUT2D eigenvalue weighted by Crippen LogP contribution is -2.36. The molecule has 0 saturated heterocycles. The second-order valence-corrected chi connectivity index (χ2v) is 8.14. The van der Waals surface area contributed by atoms with Crippen molar-refractivity contribution >= 4 is 23.0 Å². The van der Waals surface area contributed by atoms with E-state index in [1.807, 2.05) is 50.2 Å². The lowest BCUT2D eigenvalue weighted by molar-refractivity contribution is -0.129. The number of Topliss-reactive ketones (excluding diaryl/α,β-unsaturated/α-hetero) is 1. The Kier molecular flexibility index (Phi) is 6.71. The average Bonchev–Trinajstić information content (AvgIpc) is 3.33. The Hall–Kier alpha value is -2.64. The van der Waals surface area contributed by atoms with Crippen LogP contribution in [0.4, 0.5) is 0 Å². The molecule has 6 nitrogen and oxygen atoms in total. The van der Waals surface area contributed by atoms with Crippen LogP contribution in [0.3, 0.4) is 0 Å². The van der Waals surface area contributed by atoms with Gasteiger partial charge in [0.25, 0.3) is 5.91 Å². The SMILES string of the molecule is CCCOc1ccc([C@H]2C(C(=O)c3cccs3)=C(O)C(=O)N2CCN(C)C)cc1. The van der Waals surface area contributed by atoms with Gasteiger partial charge in [-0.3, -0.25) is 9.59 Å². The molecule has 0 aliphatic carbocycles. The van der Waals surface area contributed by atoms with Crippen molar-refractivity contribution in [1.82, 2.24) is 9.80 Å². The molecule has 154 valence electrons. The zero-order valence-electron chi connectivity index (χ0n) is 16.9. The second kappa shape index (κ2) is 9.24. The molecular formula is C22H26N2O4S. The molecule has 1 aliphatic heterocycles. The van der Waals surface area contributed by atoms with E-state index in [2.05, 4.69) is 0 Å². The van der Waals surface area contributed by atoms with Crippen molar-refractivity contribution in [1.29, 1.82) is 0 Å². The first-order valence-electron chi connectivity index (χ1n) is 9.63. The number of hydrogen-bond donors (Lipinski definition) is 1. The molecule has 0 fully saturated rings. The summed E-state index contributed by atoms with van der Waals surface area (Å²) in [7, 11) is 3.83. The number of hydrogen-bond acceptors (Lipinski definition) is 6. The van der Waals surface area contributed by atoms with Gasteiger partial charge in [-0.1, -0.05) is 25.1 Å². The first-order chi connectivity index (χ1) is 13.9. The van der Waals surface area contributed by atoms with Gasteiger partial charge in [-0.15, -0.1) is 11.3 Å². The van der Waals surface area contributed by atoms with Gasteiger partial charge in [-0.25, -0.2) is 0 Å². The Morgan fingerprint density at radius 2 is 1.97 bits per heavy atom. The van der Waals surface area contributed by atoms with Gasteiger partial charge in [-0.2, -0.15) is 0 Å². The van der Waals surface area contributed by atoms with Crippen molar-refractivity contribution in [3.63, 3.8) is 0 Å². The Bertz CT molecular complexity index is 888. The van der Waals surface area contributed by atoms with Gasteiger partial charge in [0.05, 0.1) is 23.1 Å². The fraction of sp³-hybridized carbons (Fsp3) is 0.364. The summed E-state index contributed by atoms with van der Waals surface area (Å²) in [6, 6.07) is 10.2. The van der Waals surface area contributed by atoms with Crippen LogP contribution in [0.15, 0.2) is 53.1 Å². The van der Waals surface area contributed by atoms with Crippen LogP contribution in [-0.4, -0.2) is 60.4 Å². The lowest BCUT2D eigenvalue weighted by atomic mass is 9.95. The standard InChI is InChI=1S/C22H26N2O4S/c1-4-13-28-16-9-7-15(8-10-16)19-18(20(25)17-6-5-14-29-17)21(26)22(27)24(19)12-11-23(2)3/h5-10,14,19,26H,4,11-13H2,1-3H3/t19-/m0/s1. The van der Waals surface area contributed by atoms with Crippen molar-refractivity contribution in [3.8, 4) is 5.75 Å². The number of ether oxygens (including phenoxy) is 1. The van der Waals surface area contributed by atoms with Crippen molar-refractivity contribution < 1.29 is 19.4 Å². The summed E-state index contributed by atoms with van der Waals surface area (Å²) in [5.41, 5.74) is 0.906. The van der Waals surface area contributed by atoms with Crippen LogP contribution in [0.25, 0.3) is 0 Å². The van der Waals surface area contributed by atoms with E-state index in [1.54, 1.807) is 22.4 Å². The average molecular weight is 415 g/mol.